The van der Waals surface area contributed by atoms with Crippen LogP contribution in [0.4, 0.5) is 56.6 Å². The van der Waals surface area contributed by atoms with E-state index in [2.05, 4.69) is 30.6 Å². The highest BCUT2D eigenvalue weighted by atomic mass is 19.4. The van der Waals surface area contributed by atoms with Crippen LogP contribution in [-0.2, 0) is 18.5 Å². The molecule has 10 nitrogen and oxygen atoms in total. The van der Waals surface area contributed by atoms with Crippen LogP contribution in [0.3, 0.4) is 0 Å². The van der Waals surface area contributed by atoms with Gasteiger partial charge >= 0.3 is 18.5 Å². The molecule has 0 aliphatic rings. The summed E-state index contributed by atoms with van der Waals surface area (Å²) in [6.07, 6.45) is -13.5. The average Bonchev–Trinajstić information content (AvgIpc) is 4.10. The molecule has 9 aromatic rings. The molecule has 3 heterocycles. The maximum absolute atomic E-state index is 13.1. The summed E-state index contributed by atoms with van der Waals surface area (Å²) >= 11 is 0. The Balaban J connectivity index is 1.00. The molecule has 0 spiro atoms. The first-order valence-electron chi connectivity index (χ1n) is 18.7. The van der Waals surface area contributed by atoms with Crippen LogP contribution in [0.1, 0.15) is 16.7 Å². The zero-order chi connectivity index (χ0) is 44.8. The van der Waals surface area contributed by atoms with Gasteiger partial charge in [-0.25, -0.2) is 0 Å². The molecular weight excluding hydrogens is 858 g/mol. The Morgan fingerprint density at radius 1 is 0.266 bits per heavy atom. The molecule has 0 atom stereocenters. The van der Waals surface area contributed by atoms with Gasteiger partial charge in [0.05, 0.1) is 16.7 Å². The third-order valence-corrected chi connectivity index (χ3v) is 9.77. The van der Waals surface area contributed by atoms with Gasteiger partial charge in [0.2, 0.25) is 35.3 Å². The molecule has 0 aliphatic carbocycles. The second kappa shape index (κ2) is 16.0. The summed E-state index contributed by atoms with van der Waals surface area (Å²) in [7, 11) is 0. The van der Waals surface area contributed by atoms with Crippen LogP contribution in [0.25, 0.3) is 68.7 Å². The highest BCUT2D eigenvalue weighted by Crippen LogP contribution is 2.39. The quantitative estimate of drug-likeness (QED) is 0.130. The van der Waals surface area contributed by atoms with Crippen LogP contribution < -0.4 is 4.90 Å². The van der Waals surface area contributed by atoms with Gasteiger partial charge in [0.25, 0.3) is 0 Å². The Bertz CT molecular complexity index is 2700. The first kappa shape index (κ1) is 41.3. The first-order valence-corrected chi connectivity index (χ1v) is 18.7. The topological polar surface area (TPSA) is 120 Å². The van der Waals surface area contributed by atoms with E-state index in [1.54, 1.807) is 72.8 Å². The van der Waals surface area contributed by atoms with E-state index >= 15 is 0 Å². The fraction of sp³-hybridized carbons (Fsp3) is 0.0667. The number of aromatic nitrogens is 6. The Labute approximate surface area is 354 Å². The minimum Gasteiger partial charge on any atom is -0.416 e. The van der Waals surface area contributed by atoms with Gasteiger partial charge in [-0.2, -0.15) is 39.5 Å². The van der Waals surface area contributed by atoms with Crippen molar-refractivity contribution in [2.45, 2.75) is 18.5 Å². The Morgan fingerprint density at radius 3 is 0.609 bits per heavy atom. The van der Waals surface area contributed by atoms with Gasteiger partial charge in [-0.15, -0.1) is 30.6 Å². The number of alkyl halides is 9. The van der Waals surface area contributed by atoms with Gasteiger partial charge < -0.3 is 18.2 Å². The zero-order valence-electron chi connectivity index (χ0n) is 32.1. The third kappa shape index (κ3) is 8.54. The van der Waals surface area contributed by atoms with Crippen LogP contribution >= 0.6 is 0 Å². The molecule has 3 aromatic heterocycles. The van der Waals surface area contributed by atoms with Crippen LogP contribution in [0.5, 0.6) is 0 Å². The number of nitrogens with zero attached hydrogens (tertiary/aromatic N) is 7. The van der Waals surface area contributed by atoms with Gasteiger partial charge in [-0.1, -0.05) is 0 Å². The molecule has 0 aliphatic heterocycles. The summed E-state index contributed by atoms with van der Waals surface area (Å²) in [4.78, 5) is 1.89. The van der Waals surface area contributed by atoms with E-state index in [0.29, 0.717) is 50.4 Å². The van der Waals surface area contributed by atoms with Crippen molar-refractivity contribution in [2.24, 2.45) is 0 Å². The zero-order valence-corrected chi connectivity index (χ0v) is 32.1. The van der Waals surface area contributed by atoms with Crippen molar-refractivity contribution in [2.75, 3.05) is 4.90 Å². The summed E-state index contributed by atoms with van der Waals surface area (Å²) < 4.78 is 135. The molecule has 9 rings (SSSR count). The van der Waals surface area contributed by atoms with Crippen molar-refractivity contribution >= 4 is 17.1 Å². The summed E-state index contributed by atoms with van der Waals surface area (Å²) in [5, 5.41) is 24.3. The van der Waals surface area contributed by atoms with E-state index in [0.717, 1.165) is 36.4 Å². The number of benzene rings is 6. The van der Waals surface area contributed by atoms with E-state index in [1.807, 2.05) is 4.90 Å². The minimum absolute atomic E-state index is 0.0232. The monoisotopic (exact) mass is 881 g/mol. The summed E-state index contributed by atoms with van der Waals surface area (Å²) in [6, 6.07) is 34.0. The molecule has 0 amide bonds. The highest BCUT2D eigenvalue weighted by Gasteiger charge is 2.32. The normalized spacial score (nSPS) is 12.1. The first-order chi connectivity index (χ1) is 30.6. The summed E-state index contributed by atoms with van der Waals surface area (Å²) in [5.74, 6) is 0.423. The van der Waals surface area contributed by atoms with Crippen LogP contribution in [-0.4, -0.2) is 30.6 Å². The van der Waals surface area contributed by atoms with E-state index in [1.165, 1.54) is 36.4 Å². The van der Waals surface area contributed by atoms with E-state index in [-0.39, 0.29) is 35.3 Å². The van der Waals surface area contributed by atoms with Crippen molar-refractivity contribution in [3.63, 3.8) is 0 Å². The van der Waals surface area contributed by atoms with Gasteiger partial charge in [-0.3, -0.25) is 0 Å². The predicted octanol–water partition coefficient (Wildman–Crippen LogP) is 13.4. The lowest BCUT2D eigenvalue weighted by atomic mass is 10.1. The van der Waals surface area contributed by atoms with Crippen molar-refractivity contribution in [3.8, 4) is 68.7 Å². The van der Waals surface area contributed by atoms with Crippen molar-refractivity contribution in [1.82, 2.24) is 30.6 Å². The standard InChI is InChI=1S/C45H24F9N7O3/c46-43(47,48)31-13-1-25(2-14-31)37-55-58-40(62-37)28-7-19-34(20-8-28)61(35-21-9-29(10-22-35)41-59-56-38(63-41)26-3-15-32(16-4-26)44(49,50)51)36-23-11-30(12-24-36)42-60-57-39(64-42)27-5-17-33(18-6-27)45(52,53)54/h1-24H. The molecule has 0 saturated heterocycles. The molecule has 6 aromatic carbocycles. The lowest BCUT2D eigenvalue weighted by molar-refractivity contribution is -0.138. The Kier molecular flexibility index (Phi) is 10.3. The summed E-state index contributed by atoms with van der Waals surface area (Å²) in [6.45, 7) is 0. The molecule has 0 saturated carbocycles. The molecule has 64 heavy (non-hydrogen) atoms. The molecule has 0 bridgehead atoms. The fourth-order valence-corrected chi connectivity index (χ4v) is 6.48. The maximum atomic E-state index is 13.1. The lowest BCUT2D eigenvalue weighted by Gasteiger charge is -2.25. The van der Waals surface area contributed by atoms with Gasteiger partial charge in [0.1, 0.15) is 0 Å². The SMILES string of the molecule is FC(F)(F)c1ccc(-c2nnc(-c3ccc(N(c4ccc(-c5nnc(-c6ccc(C(F)(F)F)cc6)o5)cc4)c4ccc(-c5nnc(-c6ccc(C(F)(F)F)cc6)o5)cc4)cc3)o2)cc1. The molecule has 0 radical (unpaired) electrons. The van der Waals surface area contributed by atoms with Gasteiger partial charge in [0, 0.05) is 50.4 Å². The highest BCUT2D eigenvalue weighted by molar-refractivity contribution is 5.79. The predicted molar refractivity (Wildman–Crippen MR) is 212 cm³/mol. The van der Waals surface area contributed by atoms with E-state index in [4.69, 9.17) is 13.3 Å². The number of halogens is 9. The molecule has 0 fully saturated rings. The van der Waals surface area contributed by atoms with Crippen molar-refractivity contribution in [1.29, 1.82) is 0 Å². The average molecular weight is 882 g/mol. The molecule has 320 valence electrons. The van der Waals surface area contributed by atoms with Crippen molar-refractivity contribution in [3.05, 3.63) is 162 Å². The van der Waals surface area contributed by atoms with Crippen LogP contribution in [0.15, 0.2) is 159 Å². The van der Waals surface area contributed by atoms with E-state index in [9.17, 15) is 39.5 Å². The number of anilines is 3. The minimum atomic E-state index is -4.50. The fourth-order valence-electron chi connectivity index (χ4n) is 6.48. The van der Waals surface area contributed by atoms with Gasteiger partial charge in [0.15, 0.2) is 0 Å². The lowest BCUT2D eigenvalue weighted by Crippen LogP contribution is -2.09. The molecule has 19 heteroatoms. The van der Waals surface area contributed by atoms with Gasteiger partial charge in [-0.05, 0) is 146 Å². The van der Waals surface area contributed by atoms with Crippen LogP contribution in [0, 0.1) is 0 Å². The second-order valence-electron chi connectivity index (χ2n) is 13.9. The third-order valence-electron chi connectivity index (χ3n) is 9.77. The smallest absolute Gasteiger partial charge is 0.416 e. The second-order valence-corrected chi connectivity index (χ2v) is 13.9. The van der Waals surface area contributed by atoms with E-state index < -0.39 is 35.2 Å². The number of hydrogen-bond donors (Lipinski definition) is 0. The Morgan fingerprint density at radius 2 is 0.438 bits per heavy atom. The van der Waals surface area contributed by atoms with Crippen LogP contribution in [0.2, 0.25) is 0 Å². The number of rotatable bonds is 9. The summed E-state index contributed by atoms with van der Waals surface area (Å²) in [5.41, 5.74) is 1.94. The molecular formula is C45H24F9N7O3. The maximum Gasteiger partial charge on any atom is 0.416 e. The van der Waals surface area contributed by atoms with Crippen molar-refractivity contribution < 1.29 is 52.8 Å². The Hall–Kier alpha value is -8.09. The number of hydrogen-bond acceptors (Lipinski definition) is 10. The molecule has 0 N–H and O–H groups in total. The largest absolute Gasteiger partial charge is 0.416 e. The molecule has 0 unspecified atom stereocenters.